The van der Waals surface area contributed by atoms with Gasteiger partial charge in [-0.2, -0.15) is 0 Å². The van der Waals surface area contributed by atoms with Crippen LogP contribution >= 0.6 is 0 Å². The third kappa shape index (κ3) is 3.22. The lowest BCUT2D eigenvalue weighted by molar-refractivity contribution is 0.107. The van der Waals surface area contributed by atoms with E-state index in [4.69, 9.17) is 15.2 Å². The fourth-order valence-corrected chi connectivity index (χ4v) is 2.35. The van der Waals surface area contributed by atoms with Gasteiger partial charge in [0.25, 0.3) is 0 Å². The lowest BCUT2D eigenvalue weighted by Crippen LogP contribution is -2.34. The molecule has 1 aliphatic heterocycles. The number of rotatable bonds is 6. The number of hydrogen-bond donors (Lipinski definition) is 2. The Labute approximate surface area is 108 Å². The van der Waals surface area contributed by atoms with Gasteiger partial charge >= 0.3 is 0 Å². The van der Waals surface area contributed by atoms with Gasteiger partial charge in [0.05, 0.1) is 13.2 Å². The van der Waals surface area contributed by atoms with E-state index < -0.39 is 0 Å². The molecule has 1 aromatic rings. The first-order valence-electron chi connectivity index (χ1n) is 6.53. The molecule has 0 saturated carbocycles. The summed E-state index contributed by atoms with van der Waals surface area (Å²) in [6.07, 6.45) is 2.62. The SMILES string of the molecule is COc1ccccc1C(CN)NCC1CCCO1. The number of hydrogen-bond acceptors (Lipinski definition) is 4. The van der Waals surface area contributed by atoms with Gasteiger partial charge in [-0.05, 0) is 18.9 Å². The van der Waals surface area contributed by atoms with Crippen LogP contribution in [0.15, 0.2) is 24.3 Å². The molecule has 0 spiro atoms. The number of ether oxygens (including phenoxy) is 2. The van der Waals surface area contributed by atoms with E-state index in [0.29, 0.717) is 12.6 Å². The second-order valence-electron chi connectivity index (χ2n) is 4.57. The van der Waals surface area contributed by atoms with Crippen LogP contribution in [0.4, 0.5) is 0 Å². The normalized spacial score (nSPS) is 20.9. The lowest BCUT2D eigenvalue weighted by atomic mass is 10.1. The Bertz CT molecular complexity index is 365. The van der Waals surface area contributed by atoms with Crippen LogP contribution in [0.3, 0.4) is 0 Å². The van der Waals surface area contributed by atoms with Crippen LogP contribution in [-0.4, -0.2) is 32.9 Å². The smallest absolute Gasteiger partial charge is 0.123 e. The molecule has 0 aliphatic carbocycles. The number of para-hydroxylation sites is 1. The summed E-state index contributed by atoms with van der Waals surface area (Å²) >= 11 is 0. The molecule has 18 heavy (non-hydrogen) atoms. The highest BCUT2D eigenvalue weighted by Crippen LogP contribution is 2.24. The summed E-state index contributed by atoms with van der Waals surface area (Å²) in [4.78, 5) is 0. The van der Waals surface area contributed by atoms with Crippen LogP contribution in [0.2, 0.25) is 0 Å². The van der Waals surface area contributed by atoms with Crippen LogP contribution in [-0.2, 0) is 4.74 Å². The molecule has 4 heteroatoms. The molecule has 1 saturated heterocycles. The second-order valence-corrected chi connectivity index (χ2v) is 4.57. The van der Waals surface area contributed by atoms with E-state index >= 15 is 0 Å². The molecule has 0 aromatic heterocycles. The average Bonchev–Trinajstić information content (AvgIpc) is 2.93. The van der Waals surface area contributed by atoms with Crippen molar-refractivity contribution in [1.82, 2.24) is 5.32 Å². The quantitative estimate of drug-likeness (QED) is 0.802. The molecule has 100 valence electrons. The highest BCUT2D eigenvalue weighted by atomic mass is 16.5. The van der Waals surface area contributed by atoms with Crippen LogP contribution in [0.1, 0.15) is 24.4 Å². The van der Waals surface area contributed by atoms with Gasteiger partial charge in [0, 0.05) is 31.3 Å². The molecule has 2 rings (SSSR count). The first-order valence-corrected chi connectivity index (χ1v) is 6.53. The van der Waals surface area contributed by atoms with Crippen molar-refractivity contribution in [1.29, 1.82) is 0 Å². The van der Waals surface area contributed by atoms with Gasteiger partial charge in [-0.1, -0.05) is 18.2 Å². The van der Waals surface area contributed by atoms with Crippen LogP contribution < -0.4 is 15.8 Å². The Morgan fingerprint density at radius 3 is 3.00 bits per heavy atom. The molecule has 0 amide bonds. The Morgan fingerprint density at radius 1 is 1.50 bits per heavy atom. The highest BCUT2D eigenvalue weighted by Gasteiger charge is 2.19. The zero-order valence-corrected chi connectivity index (χ0v) is 10.9. The lowest BCUT2D eigenvalue weighted by Gasteiger charge is -2.21. The van der Waals surface area contributed by atoms with Gasteiger partial charge in [0.2, 0.25) is 0 Å². The van der Waals surface area contributed by atoms with E-state index in [9.17, 15) is 0 Å². The highest BCUT2D eigenvalue weighted by molar-refractivity contribution is 5.36. The third-order valence-electron chi connectivity index (χ3n) is 3.37. The fraction of sp³-hybridized carbons (Fsp3) is 0.571. The Balaban J connectivity index is 1.98. The summed E-state index contributed by atoms with van der Waals surface area (Å²) in [5.41, 5.74) is 6.97. The number of nitrogens with two attached hydrogens (primary N) is 1. The van der Waals surface area contributed by atoms with Crippen molar-refractivity contribution in [3.8, 4) is 5.75 Å². The zero-order chi connectivity index (χ0) is 12.8. The van der Waals surface area contributed by atoms with Gasteiger partial charge in [0.1, 0.15) is 5.75 Å². The molecule has 1 aliphatic rings. The molecule has 1 fully saturated rings. The molecule has 0 bridgehead atoms. The van der Waals surface area contributed by atoms with E-state index in [-0.39, 0.29) is 6.04 Å². The number of nitrogens with one attached hydrogen (secondary N) is 1. The molecule has 2 unspecified atom stereocenters. The molecular weight excluding hydrogens is 228 g/mol. The Morgan fingerprint density at radius 2 is 2.33 bits per heavy atom. The largest absolute Gasteiger partial charge is 0.496 e. The van der Waals surface area contributed by atoms with Crippen LogP contribution in [0.5, 0.6) is 5.75 Å². The summed E-state index contributed by atoms with van der Waals surface area (Å²) in [5.74, 6) is 0.882. The van der Waals surface area contributed by atoms with E-state index in [1.807, 2.05) is 18.2 Å². The number of methoxy groups -OCH3 is 1. The van der Waals surface area contributed by atoms with E-state index in [2.05, 4.69) is 11.4 Å². The Hall–Kier alpha value is -1.10. The van der Waals surface area contributed by atoms with Gasteiger partial charge in [0.15, 0.2) is 0 Å². The zero-order valence-electron chi connectivity index (χ0n) is 10.9. The van der Waals surface area contributed by atoms with Crippen molar-refractivity contribution < 1.29 is 9.47 Å². The van der Waals surface area contributed by atoms with Crippen molar-refractivity contribution in [3.05, 3.63) is 29.8 Å². The summed E-state index contributed by atoms with van der Waals surface area (Å²) in [7, 11) is 1.69. The van der Waals surface area contributed by atoms with E-state index in [0.717, 1.165) is 37.3 Å². The maximum absolute atomic E-state index is 5.85. The fourth-order valence-electron chi connectivity index (χ4n) is 2.35. The van der Waals surface area contributed by atoms with E-state index in [1.54, 1.807) is 7.11 Å². The topological polar surface area (TPSA) is 56.5 Å². The summed E-state index contributed by atoms with van der Waals surface area (Å²) in [6.45, 7) is 2.28. The van der Waals surface area contributed by atoms with Crippen LogP contribution in [0.25, 0.3) is 0 Å². The number of benzene rings is 1. The Kier molecular flexibility index (Phi) is 4.99. The summed E-state index contributed by atoms with van der Waals surface area (Å²) in [6, 6.07) is 8.11. The maximum Gasteiger partial charge on any atom is 0.123 e. The van der Waals surface area contributed by atoms with Crippen LogP contribution in [0, 0.1) is 0 Å². The minimum Gasteiger partial charge on any atom is -0.496 e. The standard InChI is InChI=1S/C14H22N2O2/c1-17-14-7-3-2-6-12(14)13(9-15)16-10-11-5-4-8-18-11/h2-3,6-7,11,13,16H,4-5,8-10,15H2,1H3. The molecule has 2 atom stereocenters. The predicted molar refractivity (Wildman–Crippen MR) is 71.8 cm³/mol. The second kappa shape index (κ2) is 6.73. The summed E-state index contributed by atoms with van der Waals surface area (Å²) in [5, 5.41) is 3.47. The van der Waals surface area contributed by atoms with E-state index in [1.165, 1.54) is 0 Å². The van der Waals surface area contributed by atoms with Gasteiger partial charge < -0.3 is 20.5 Å². The first-order chi connectivity index (χ1) is 8.85. The minimum atomic E-state index is 0.116. The molecule has 1 aromatic carbocycles. The van der Waals surface area contributed by atoms with Crippen molar-refractivity contribution in [2.45, 2.75) is 25.0 Å². The predicted octanol–water partition coefficient (Wildman–Crippen LogP) is 1.46. The molecular formula is C14H22N2O2. The molecule has 1 heterocycles. The van der Waals surface area contributed by atoms with Crippen molar-refractivity contribution in [3.63, 3.8) is 0 Å². The van der Waals surface area contributed by atoms with Gasteiger partial charge in [-0.25, -0.2) is 0 Å². The third-order valence-corrected chi connectivity index (χ3v) is 3.37. The maximum atomic E-state index is 5.85. The van der Waals surface area contributed by atoms with Crippen molar-refractivity contribution >= 4 is 0 Å². The molecule has 0 radical (unpaired) electrons. The monoisotopic (exact) mass is 250 g/mol. The minimum absolute atomic E-state index is 0.116. The van der Waals surface area contributed by atoms with Gasteiger partial charge in [-0.15, -0.1) is 0 Å². The van der Waals surface area contributed by atoms with Crippen molar-refractivity contribution in [2.24, 2.45) is 5.73 Å². The average molecular weight is 250 g/mol. The first kappa shape index (κ1) is 13.3. The summed E-state index contributed by atoms with van der Waals surface area (Å²) < 4.78 is 11.0. The molecule has 4 nitrogen and oxygen atoms in total. The van der Waals surface area contributed by atoms with Gasteiger partial charge in [-0.3, -0.25) is 0 Å². The van der Waals surface area contributed by atoms with Crippen molar-refractivity contribution in [2.75, 3.05) is 26.8 Å². The molecule has 3 N–H and O–H groups in total.